The number of rotatable bonds is 6. The summed E-state index contributed by atoms with van der Waals surface area (Å²) in [4.78, 5) is 25.7. The molecule has 0 bridgehead atoms. The number of anilines is 1. The highest BCUT2D eigenvalue weighted by atomic mass is 19.1. The van der Waals surface area contributed by atoms with E-state index in [0.717, 1.165) is 16.3 Å². The molecule has 4 nitrogen and oxygen atoms in total. The van der Waals surface area contributed by atoms with E-state index < -0.39 is 23.8 Å². The van der Waals surface area contributed by atoms with Gasteiger partial charge in [0, 0.05) is 11.3 Å². The van der Waals surface area contributed by atoms with E-state index in [1.54, 1.807) is 24.3 Å². The van der Waals surface area contributed by atoms with Gasteiger partial charge in [-0.05, 0) is 40.6 Å². The molecule has 0 aromatic heterocycles. The van der Waals surface area contributed by atoms with Gasteiger partial charge in [-0.15, -0.1) is 0 Å². The third-order valence-corrected chi connectivity index (χ3v) is 4.92. The van der Waals surface area contributed by atoms with Gasteiger partial charge in [-0.25, -0.2) is 4.39 Å². The van der Waals surface area contributed by atoms with Crippen LogP contribution < -0.4 is 5.32 Å². The summed E-state index contributed by atoms with van der Waals surface area (Å²) in [6.07, 6.45) is -1.09. The van der Waals surface area contributed by atoms with Gasteiger partial charge < -0.3 is 10.1 Å². The summed E-state index contributed by atoms with van der Waals surface area (Å²) in [5.41, 5.74) is 1.79. The minimum Gasteiger partial charge on any atom is -0.447 e. The quantitative estimate of drug-likeness (QED) is 0.428. The van der Waals surface area contributed by atoms with Gasteiger partial charge >= 0.3 is 5.97 Å². The number of ether oxygens (including phenoxy) is 1. The Hall–Kier alpha value is -3.99. The molecular formula is C26H20FNO3. The smallest absolute Gasteiger partial charge is 0.311 e. The van der Waals surface area contributed by atoms with Gasteiger partial charge in [0.2, 0.25) is 6.10 Å². The van der Waals surface area contributed by atoms with E-state index in [4.69, 9.17) is 4.74 Å². The van der Waals surface area contributed by atoms with Crippen LogP contribution in [0.1, 0.15) is 17.2 Å². The lowest BCUT2D eigenvalue weighted by molar-refractivity contribution is -0.154. The van der Waals surface area contributed by atoms with Crippen molar-refractivity contribution >= 4 is 28.3 Å². The fraction of sp³-hybridized carbons (Fsp3) is 0.0769. The standard InChI is InChI=1S/C26H20FNO3/c27-21-13-15-22(16-14-21)28-26(30)25(19-8-2-1-3-9-19)31-24(29)17-20-11-6-10-18-7-4-5-12-23(18)20/h1-16,25H,17H2,(H,28,30)/t25-/m0/s1. The van der Waals surface area contributed by atoms with Crippen molar-refractivity contribution in [2.75, 3.05) is 5.32 Å². The molecule has 0 unspecified atom stereocenters. The molecule has 0 heterocycles. The number of fused-ring (bicyclic) bond motifs is 1. The third kappa shape index (κ3) is 4.95. The first-order valence-corrected chi connectivity index (χ1v) is 9.87. The second-order valence-electron chi connectivity index (χ2n) is 7.09. The molecule has 0 spiro atoms. The fourth-order valence-electron chi connectivity index (χ4n) is 3.42. The number of nitrogens with one attached hydrogen (secondary N) is 1. The zero-order valence-electron chi connectivity index (χ0n) is 16.6. The SMILES string of the molecule is O=C(Cc1cccc2ccccc12)O[C@H](C(=O)Nc1ccc(F)cc1)c1ccccc1. The van der Waals surface area contributed by atoms with Crippen molar-refractivity contribution in [2.24, 2.45) is 0 Å². The molecule has 31 heavy (non-hydrogen) atoms. The van der Waals surface area contributed by atoms with Crippen molar-refractivity contribution in [3.63, 3.8) is 0 Å². The van der Waals surface area contributed by atoms with Crippen molar-refractivity contribution in [2.45, 2.75) is 12.5 Å². The molecule has 4 aromatic rings. The highest BCUT2D eigenvalue weighted by Crippen LogP contribution is 2.23. The number of amides is 1. The first kappa shape index (κ1) is 20.3. The van der Waals surface area contributed by atoms with Gasteiger partial charge in [0.25, 0.3) is 5.91 Å². The van der Waals surface area contributed by atoms with E-state index in [9.17, 15) is 14.0 Å². The lowest BCUT2D eigenvalue weighted by Gasteiger charge is -2.18. The van der Waals surface area contributed by atoms with Gasteiger partial charge in [0.15, 0.2) is 0 Å². The molecular weight excluding hydrogens is 393 g/mol. The van der Waals surface area contributed by atoms with E-state index in [1.165, 1.54) is 24.3 Å². The third-order valence-electron chi connectivity index (χ3n) is 4.92. The second-order valence-corrected chi connectivity index (χ2v) is 7.09. The van der Waals surface area contributed by atoms with Crippen molar-refractivity contribution in [1.29, 1.82) is 0 Å². The van der Waals surface area contributed by atoms with E-state index >= 15 is 0 Å². The topological polar surface area (TPSA) is 55.4 Å². The summed E-state index contributed by atoms with van der Waals surface area (Å²) in [5, 5.41) is 4.68. The Labute approximate surface area is 179 Å². The van der Waals surface area contributed by atoms with Crippen LogP contribution in [-0.4, -0.2) is 11.9 Å². The first-order valence-electron chi connectivity index (χ1n) is 9.87. The van der Waals surface area contributed by atoms with Crippen LogP contribution in [0.25, 0.3) is 10.8 Å². The minimum atomic E-state index is -1.13. The summed E-state index contributed by atoms with van der Waals surface area (Å²) >= 11 is 0. The molecule has 5 heteroatoms. The minimum absolute atomic E-state index is 0.0362. The summed E-state index contributed by atoms with van der Waals surface area (Å²) < 4.78 is 18.8. The van der Waals surface area contributed by atoms with Gasteiger partial charge in [-0.1, -0.05) is 72.8 Å². The van der Waals surface area contributed by atoms with Gasteiger partial charge in [-0.2, -0.15) is 0 Å². The predicted molar refractivity (Wildman–Crippen MR) is 118 cm³/mol. The van der Waals surface area contributed by atoms with Crippen LogP contribution in [0, 0.1) is 5.82 Å². The highest BCUT2D eigenvalue weighted by Gasteiger charge is 2.25. The zero-order valence-corrected chi connectivity index (χ0v) is 16.6. The van der Waals surface area contributed by atoms with Crippen LogP contribution >= 0.6 is 0 Å². The van der Waals surface area contributed by atoms with Crippen molar-refractivity contribution in [3.8, 4) is 0 Å². The molecule has 1 amide bonds. The van der Waals surface area contributed by atoms with Crippen molar-refractivity contribution in [3.05, 3.63) is 114 Å². The monoisotopic (exact) mass is 413 g/mol. The van der Waals surface area contributed by atoms with E-state index in [1.807, 2.05) is 48.5 Å². The van der Waals surface area contributed by atoms with Gasteiger partial charge in [-0.3, -0.25) is 9.59 Å². The molecule has 0 aliphatic heterocycles. The number of esters is 1. The number of benzene rings is 4. The van der Waals surface area contributed by atoms with E-state index in [-0.39, 0.29) is 6.42 Å². The lowest BCUT2D eigenvalue weighted by atomic mass is 10.0. The average Bonchev–Trinajstić information content (AvgIpc) is 2.80. The van der Waals surface area contributed by atoms with Crippen molar-refractivity contribution in [1.82, 2.24) is 0 Å². The zero-order chi connectivity index (χ0) is 21.6. The van der Waals surface area contributed by atoms with Crippen LogP contribution in [0.3, 0.4) is 0 Å². The largest absolute Gasteiger partial charge is 0.447 e. The molecule has 1 N–H and O–H groups in total. The molecule has 1 atom stereocenters. The summed E-state index contributed by atoms with van der Waals surface area (Å²) in [6, 6.07) is 27.7. The Balaban J connectivity index is 1.55. The van der Waals surface area contributed by atoms with E-state index in [0.29, 0.717) is 11.3 Å². The van der Waals surface area contributed by atoms with Gasteiger partial charge in [0.1, 0.15) is 5.82 Å². The Morgan fingerprint density at radius 3 is 2.26 bits per heavy atom. The molecule has 0 saturated carbocycles. The average molecular weight is 413 g/mol. The molecule has 0 saturated heterocycles. The van der Waals surface area contributed by atoms with Crippen molar-refractivity contribution < 1.29 is 18.7 Å². The summed E-state index contributed by atoms with van der Waals surface area (Å²) in [7, 11) is 0. The first-order chi connectivity index (χ1) is 15.1. The second kappa shape index (κ2) is 9.22. The Morgan fingerprint density at radius 1 is 0.806 bits per heavy atom. The highest BCUT2D eigenvalue weighted by molar-refractivity contribution is 5.96. The Bertz CT molecular complexity index is 1200. The molecule has 0 aliphatic carbocycles. The Morgan fingerprint density at radius 2 is 1.48 bits per heavy atom. The maximum Gasteiger partial charge on any atom is 0.311 e. The summed E-state index contributed by atoms with van der Waals surface area (Å²) in [5.74, 6) is -1.43. The molecule has 0 fully saturated rings. The molecule has 0 aliphatic rings. The van der Waals surface area contributed by atoms with Crippen LogP contribution in [-0.2, 0) is 20.7 Å². The maximum absolute atomic E-state index is 13.2. The van der Waals surface area contributed by atoms with Gasteiger partial charge in [0.05, 0.1) is 6.42 Å². The fourth-order valence-corrected chi connectivity index (χ4v) is 3.42. The molecule has 4 aromatic carbocycles. The molecule has 154 valence electrons. The normalized spacial score (nSPS) is 11.6. The molecule has 4 rings (SSSR count). The Kier molecular flexibility index (Phi) is 6.03. The molecule has 0 radical (unpaired) electrons. The van der Waals surface area contributed by atoms with Crippen LogP contribution in [0.4, 0.5) is 10.1 Å². The van der Waals surface area contributed by atoms with Crippen LogP contribution in [0.15, 0.2) is 97.1 Å². The number of hydrogen-bond acceptors (Lipinski definition) is 3. The number of halogens is 1. The number of carbonyl (C=O) groups excluding carboxylic acids is 2. The van der Waals surface area contributed by atoms with Crippen LogP contribution in [0.5, 0.6) is 0 Å². The summed E-state index contributed by atoms with van der Waals surface area (Å²) in [6.45, 7) is 0. The maximum atomic E-state index is 13.2. The van der Waals surface area contributed by atoms with Crippen LogP contribution in [0.2, 0.25) is 0 Å². The lowest BCUT2D eigenvalue weighted by Crippen LogP contribution is -2.26. The van der Waals surface area contributed by atoms with E-state index in [2.05, 4.69) is 5.32 Å². The predicted octanol–water partition coefficient (Wildman–Crippen LogP) is 5.44. The number of hydrogen-bond donors (Lipinski definition) is 1. The number of carbonyl (C=O) groups is 2.